The standard InChI is InChI=1S/C16H20N2O.C15H14FN3OS.C13H12FN3OS/c1-2-18-9-7-12(8-10-18)15-11-17-16(19)14-6-4-3-5-13(14)15;16-9-3-4-10-11(7-9)14(20)17-15-13(10)12(18-21-15)8-19-5-1-2-6-19;1-17(2)6-10-11-8-4-3-7(14)5-9(8)12(18)15-13(11)19-16-10/h3-6,11-12H,2,7-10H2,1H3,(H,17,19);3-4,7H,1-2,5-6,8H2,(H,17,20);3-5H,6H2,1-2H3,(H,15,18). The normalized spacial score (nSPS) is 15.4. The average molecular weight is 837 g/mol. The van der Waals surface area contributed by atoms with Crippen molar-refractivity contribution in [1.29, 1.82) is 0 Å². The number of hydrogen-bond donors (Lipinski definition) is 3. The van der Waals surface area contributed by atoms with Gasteiger partial charge in [0.2, 0.25) is 0 Å². The van der Waals surface area contributed by atoms with E-state index in [0.29, 0.717) is 23.2 Å². The molecule has 2 fully saturated rings. The van der Waals surface area contributed by atoms with Crippen LogP contribution in [0.3, 0.4) is 0 Å². The van der Waals surface area contributed by atoms with Gasteiger partial charge in [0.15, 0.2) is 0 Å². The highest BCUT2D eigenvalue weighted by Gasteiger charge is 2.22. The molecule has 15 heteroatoms. The van der Waals surface area contributed by atoms with Crippen LogP contribution in [0.1, 0.15) is 55.5 Å². The minimum atomic E-state index is -0.408. The van der Waals surface area contributed by atoms with Gasteiger partial charge in [-0.2, -0.15) is 8.75 Å². The molecule has 306 valence electrons. The van der Waals surface area contributed by atoms with E-state index in [9.17, 15) is 23.2 Å². The number of aromatic nitrogens is 5. The van der Waals surface area contributed by atoms with Gasteiger partial charge >= 0.3 is 0 Å². The SMILES string of the molecule is CCN1CCC(c2c[nH]c(=O)c3ccccc23)CC1.CN(C)Cc1nsc2[nH]c(=O)c3cc(F)ccc3c12.O=c1[nH]c2snc(CN3CCCC3)c2c2ccc(F)cc12. The van der Waals surface area contributed by atoms with Crippen LogP contribution in [0, 0.1) is 11.6 Å². The molecule has 0 saturated carbocycles. The van der Waals surface area contributed by atoms with Gasteiger partial charge in [0.25, 0.3) is 16.7 Å². The quantitative estimate of drug-likeness (QED) is 0.154. The summed E-state index contributed by atoms with van der Waals surface area (Å²) in [6.07, 6.45) is 6.75. The average Bonchev–Trinajstić information content (AvgIpc) is 4.00. The molecule has 3 N–H and O–H groups in total. The molecule has 0 bridgehead atoms. The van der Waals surface area contributed by atoms with Crippen molar-refractivity contribution in [2.75, 3.05) is 46.8 Å². The number of nitrogens with one attached hydrogen (secondary N) is 3. The minimum Gasteiger partial charge on any atom is -0.328 e. The first kappa shape index (κ1) is 40.6. The molecule has 11 nitrogen and oxygen atoms in total. The van der Waals surface area contributed by atoms with Crippen LogP contribution < -0.4 is 16.7 Å². The molecular weight excluding hydrogens is 791 g/mol. The zero-order chi connectivity index (χ0) is 41.2. The van der Waals surface area contributed by atoms with Crippen molar-refractivity contribution in [2.45, 2.75) is 51.6 Å². The molecule has 59 heavy (non-hydrogen) atoms. The first-order valence-electron chi connectivity index (χ1n) is 20.0. The summed E-state index contributed by atoms with van der Waals surface area (Å²) in [7, 11) is 3.91. The van der Waals surface area contributed by atoms with Gasteiger partial charge in [-0.3, -0.25) is 19.3 Å². The molecule has 0 atom stereocenters. The number of fused-ring (bicyclic) bond motifs is 7. The highest BCUT2D eigenvalue weighted by molar-refractivity contribution is 7.13. The third-order valence-electron chi connectivity index (χ3n) is 11.3. The number of H-pyrrole nitrogens is 3. The number of pyridine rings is 3. The summed E-state index contributed by atoms with van der Waals surface area (Å²) in [6, 6.07) is 16.6. The fraction of sp³-hybridized carbons (Fsp3) is 0.341. The summed E-state index contributed by atoms with van der Waals surface area (Å²) in [5, 5.41) is 6.12. The third kappa shape index (κ3) is 8.61. The summed E-state index contributed by atoms with van der Waals surface area (Å²) in [4.78, 5) is 52.7. The van der Waals surface area contributed by atoms with E-state index in [1.807, 2.05) is 43.4 Å². The van der Waals surface area contributed by atoms with E-state index in [1.165, 1.54) is 78.6 Å². The molecule has 0 aliphatic carbocycles. The van der Waals surface area contributed by atoms with E-state index in [0.717, 1.165) is 92.6 Å². The Balaban J connectivity index is 0.000000123. The lowest BCUT2D eigenvalue weighted by Crippen LogP contribution is -2.32. The predicted molar refractivity (Wildman–Crippen MR) is 236 cm³/mol. The first-order valence-corrected chi connectivity index (χ1v) is 21.5. The van der Waals surface area contributed by atoms with E-state index >= 15 is 0 Å². The van der Waals surface area contributed by atoms with Crippen LogP contribution in [0.15, 0.2) is 81.2 Å². The number of piperidine rings is 1. The molecule has 0 radical (unpaired) electrons. The Bertz CT molecular complexity index is 2960. The van der Waals surface area contributed by atoms with E-state index in [-0.39, 0.29) is 16.7 Å². The van der Waals surface area contributed by atoms with Gasteiger partial charge in [-0.15, -0.1) is 0 Å². The summed E-state index contributed by atoms with van der Waals surface area (Å²) in [5.41, 5.74) is 2.68. The van der Waals surface area contributed by atoms with Gasteiger partial charge in [-0.1, -0.05) is 37.3 Å². The highest BCUT2D eigenvalue weighted by atomic mass is 32.1. The molecule has 3 aromatic carbocycles. The Labute approximate surface area is 346 Å². The number of rotatable bonds is 6. The van der Waals surface area contributed by atoms with Crippen LogP contribution in [-0.2, 0) is 13.1 Å². The zero-order valence-electron chi connectivity index (χ0n) is 33.2. The molecule has 0 spiro atoms. The lowest BCUT2D eigenvalue weighted by atomic mass is 9.87. The largest absolute Gasteiger partial charge is 0.328 e. The second kappa shape index (κ2) is 17.6. The number of nitrogens with zero attached hydrogens (tertiary/aromatic N) is 5. The van der Waals surface area contributed by atoms with Crippen molar-refractivity contribution < 1.29 is 8.78 Å². The van der Waals surface area contributed by atoms with Crippen molar-refractivity contribution in [3.63, 3.8) is 0 Å². The minimum absolute atomic E-state index is 0.0188. The number of hydrogen-bond acceptors (Lipinski definition) is 10. The number of benzene rings is 3. The van der Waals surface area contributed by atoms with E-state index < -0.39 is 11.6 Å². The van der Waals surface area contributed by atoms with Crippen molar-refractivity contribution >= 4 is 75.8 Å². The van der Waals surface area contributed by atoms with Crippen LogP contribution in [0.2, 0.25) is 0 Å². The number of aromatic amines is 3. The maximum Gasteiger partial charge on any atom is 0.257 e. The van der Waals surface area contributed by atoms with Gasteiger partial charge in [0.1, 0.15) is 21.3 Å². The van der Waals surface area contributed by atoms with Crippen LogP contribution >= 0.6 is 23.1 Å². The Morgan fingerprint density at radius 3 is 1.83 bits per heavy atom. The monoisotopic (exact) mass is 836 g/mol. The summed E-state index contributed by atoms with van der Waals surface area (Å²) in [5.74, 6) is -0.226. The molecule has 2 aliphatic rings. The Kier molecular flexibility index (Phi) is 12.1. The van der Waals surface area contributed by atoms with E-state index in [4.69, 9.17) is 0 Å². The van der Waals surface area contributed by atoms with Crippen LogP contribution in [0.5, 0.6) is 0 Å². The summed E-state index contributed by atoms with van der Waals surface area (Å²) < 4.78 is 35.6. The Morgan fingerprint density at radius 1 is 0.695 bits per heavy atom. The maximum absolute atomic E-state index is 13.4. The smallest absolute Gasteiger partial charge is 0.257 e. The predicted octanol–water partition coefficient (Wildman–Crippen LogP) is 7.94. The molecule has 7 heterocycles. The number of likely N-dealkylation sites (tertiary alicyclic amines) is 2. The molecule has 10 rings (SSSR count). The lowest BCUT2D eigenvalue weighted by Gasteiger charge is -2.31. The van der Waals surface area contributed by atoms with Crippen molar-refractivity contribution in [2.24, 2.45) is 0 Å². The zero-order valence-corrected chi connectivity index (χ0v) is 34.9. The molecule has 2 saturated heterocycles. The molecule has 0 unspecified atom stereocenters. The van der Waals surface area contributed by atoms with Crippen molar-refractivity contribution in [1.82, 2.24) is 38.4 Å². The molecule has 0 amide bonds. The van der Waals surface area contributed by atoms with Gasteiger partial charge < -0.3 is 24.8 Å². The second-order valence-electron chi connectivity index (χ2n) is 15.5. The highest BCUT2D eigenvalue weighted by Crippen LogP contribution is 2.32. The Hall–Kier alpha value is -5.19. The van der Waals surface area contributed by atoms with Crippen molar-refractivity contribution in [3.05, 3.63) is 127 Å². The lowest BCUT2D eigenvalue weighted by molar-refractivity contribution is 0.223. The fourth-order valence-electron chi connectivity index (χ4n) is 8.36. The van der Waals surface area contributed by atoms with Crippen LogP contribution in [0.4, 0.5) is 8.78 Å². The van der Waals surface area contributed by atoms with Gasteiger partial charge in [0, 0.05) is 35.4 Å². The topological polar surface area (TPSA) is 134 Å². The summed E-state index contributed by atoms with van der Waals surface area (Å²) >= 11 is 2.57. The van der Waals surface area contributed by atoms with Crippen LogP contribution in [0.25, 0.3) is 52.8 Å². The van der Waals surface area contributed by atoms with Gasteiger partial charge in [-0.25, -0.2) is 8.78 Å². The molecule has 5 aromatic heterocycles. The second-order valence-corrected chi connectivity index (χ2v) is 17.0. The first-order chi connectivity index (χ1) is 28.6. The molecule has 8 aromatic rings. The molecular formula is C44H46F2N8O3S2. The third-order valence-corrected chi connectivity index (χ3v) is 12.9. The van der Waals surface area contributed by atoms with Gasteiger partial charge in [0.05, 0.1) is 22.2 Å². The molecule has 2 aliphatic heterocycles. The van der Waals surface area contributed by atoms with Gasteiger partial charge in [-0.05, 0) is 154 Å². The Morgan fingerprint density at radius 2 is 1.25 bits per heavy atom. The maximum atomic E-state index is 13.4. The van der Waals surface area contributed by atoms with E-state index in [1.54, 1.807) is 12.1 Å². The summed E-state index contributed by atoms with van der Waals surface area (Å²) in [6.45, 7) is 9.33. The number of halogens is 2. The fourth-order valence-corrected chi connectivity index (χ4v) is 9.97. The van der Waals surface area contributed by atoms with Crippen LogP contribution in [-0.4, -0.2) is 85.2 Å². The van der Waals surface area contributed by atoms with Crippen molar-refractivity contribution in [3.8, 4) is 0 Å². The van der Waals surface area contributed by atoms with E-state index in [2.05, 4.69) is 46.5 Å².